The lowest BCUT2D eigenvalue weighted by Gasteiger charge is -2.07. The molecule has 0 aliphatic carbocycles. The molecule has 2 N–H and O–H groups in total. The largest absolute Gasteiger partial charge is 0.497 e. The average molecular weight is 446 g/mol. The molecule has 0 bridgehead atoms. The van der Waals surface area contributed by atoms with Crippen LogP contribution in [0.3, 0.4) is 0 Å². The minimum atomic E-state index is -0.257. The van der Waals surface area contributed by atoms with Crippen LogP contribution >= 0.6 is 23.4 Å². The summed E-state index contributed by atoms with van der Waals surface area (Å²) in [5, 5.41) is 14.7. The van der Waals surface area contributed by atoms with Crippen molar-refractivity contribution in [2.45, 2.75) is 11.6 Å². The van der Waals surface area contributed by atoms with Crippen molar-refractivity contribution >= 4 is 46.6 Å². The lowest BCUT2D eigenvalue weighted by molar-refractivity contribution is -0.116. The number of anilines is 2. The van der Waals surface area contributed by atoms with Gasteiger partial charge in [0.05, 0.1) is 30.0 Å². The van der Waals surface area contributed by atoms with Crippen LogP contribution < -0.4 is 15.4 Å². The Bertz CT molecular complexity index is 1040. The van der Waals surface area contributed by atoms with Crippen molar-refractivity contribution in [1.29, 1.82) is 0 Å². The van der Waals surface area contributed by atoms with Crippen LogP contribution in [0.15, 0.2) is 53.7 Å². The zero-order valence-electron chi connectivity index (χ0n) is 16.4. The van der Waals surface area contributed by atoms with E-state index in [1.165, 1.54) is 11.8 Å². The van der Waals surface area contributed by atoms with Crippen LogP contribution in [-0.4, -0.2) is 39.4 Å². The predicted octanol–water partition coefficient (Wildman–Crippen LogP) is 3.39. The van der Waals surface area contributed by atoms with Gasteiger partial charge in [0.25, 0.3) is 0 Å². The molecule has 0 radical (unpaired) electrons. The van der Waals surface area contributed by atoms with Gasteiger partial charge in [0, 0.05) is 12.7 Å². The Labute approximate surface area is 183 Å². The number of carbonyl (C=O) groups is 2. The molecule has 0 fully saturated rings. The highest BCUT2D eigenvalue weighted by Crippen LogP contribution is 2.21. The molecule has 0 saturated carbocycles. The lowest BCUT2D eigenvalue weighted by Crippen LogP contribution is -2.17. The van der Waals surface area contributed by atoms with Gasteiger partial charge in [0.15, 0.2) is 5.16 Å². The van der Waals surface area contributed by atoms with Gasteiger partial charge in [-0.15, -0.1) is 10.2 Å². The second kappa shape index (κ2) is 10.1. The molecule has 0 saturated heterocycles. The summed E-state index contributed by atoms with van der Waals surface area (Å²) < 4.78 is 6.78. The molecule has 2 aromatic carbocycles. The molecular weight excluding hydrogens is 426 g/mol. The number of halogens is 1. The van der Waals surface area contributed by atoms with Crippen molar-refractivity contribution < 1.29 is 14.3 Å². The Morgan fingerprint density at radius 2 is 1.80 bits per heavy atom. The van der Waals surface area contributed by atoms with Gasteiger partial charge in [-0.05, 0) is 36.4 Å². The van der Waals surface area contributed by atoms with Crippen LogP contribution in [0.5, 0.6) is 5.75 Å². The standard InChI is InChI=1S/C20H20ClN5O3S/c1-26-17(11-18(27)23-16-6-4-3-5-15(16)21)24-25-20(26)30-12-19(28)22-13-7-9-14(29-2)10-8-13/h3-10H,11-12H2,1-2H3,(H,22,28)(H,23,27). The highest BCUT2D eigenvalue weighted by atomic mass is 35.5. The molecule has 156 valence electrons. The first-order valence-corrected chi connectivity index (χ1v) is 10.3. The predicted molar refractivity (Wildman–Crippen MR) is 117 cm³/mol. The first-order valence-electron chi connectivity index (χ1n) is 8.95. The van der Waals surface area contributed by atoms with Gasteiger partial charge < -0.3 is 19.9 Å². The second-order valence-electron chi connectivity index (χ2n) is 6.23. The number of ether oxygens (including phenoxy) is 1. The maximum atomic E-state index is 12.3. The van der Waals surface area contributed by atoms with E-state index < -0.39 is 0 Å². The summed E-state index contributed by atoms with van der Waals surface area (Å²) in [5.41, 5.74) is 1.22. The second-order valence-corrected chi connectivity index (χ2v) is 7.58. The fourth-order valence-electron chi connectivity index (χ4n) is 2.53. The van der Waals surface area contributed by atoms with E-state index in [1.54, 1.807) is 67.3 Å². The van der Waals surface area contributed by atoms with Crippen LogP contribution in [0.25, 0.3) is 0 Å². The van der Waals surface area contributed by atoms with Crippen molar-refractivity contribution in [2.75, 3.05) is 23.5 Å². The van der Waals surface area contributed by atoms with Gasteiger partial charge in [-0.2, -0.15) is 0 Å². The number of hydrogen-bond acceptors (Lipinski definition) is 6. The molecule has 3 rings (SSSR count). The molecule has 0 aliphatic heterocycles. The summed E-state index contributed by atoms with van der Waals surface area (Å²) in [5.74, 6) is 0.924. The molecule has 30 heavy (non-hydrogen) atoms. The maximum Gasteiger partial charge on any atom is 0.234 e. The molecule has 0 spiro atoms. The van der Waals surface area contributed by atoms with Crippen LogP contribution in [0.4, 0.5) is 11.4 Å². The van der Waals surface area contributed by atoms with Crippen molar-refractivity contribution in [3.63, 3.8) is 0 Å². The quantitative estimate of drug-likeness (QED) is 0.516. The summed E-state index contributed by atoms with van der Waals surface area (Å²) in [7, 11) is 3.33. The molecule has 1 heterocycles. The van der Waals surface area contributed by atoms with Gasteiger partial charge in [-0.1, -0.05) is 35.5 Å². The Balaban J connectivity index is 1.52. The number of rotatable bonds is 8. The number of carbonyl (C=O) groups excluding carboxylic acids is 2. The number of thioether (sulfide) groups is 1. The summed E-state index contributed by atoms with van der Waals surface area (Å²) in [6.07, 6.45) is 0.0350. The van der Waals surface area contributed by atoms with Crippen molar-refractivity contribution in [1.82, 2.24) is 14.8 Å². The van der Waals surface area contributed by atoms with Crippen molar-refractivity contribution in [3.8, 4) is 5.75 Å². The Morgan fingerprint density at radius 3 is 2.50 bits per heavy atom. The van der Waals surface area contributed by atoms with Crippen LogP contribution in [-0.2, 0) is 23.1 Å². The molecule has 0 aliphatic rings. The van der Waals surface area contributed by atoms with E-state index in [2.05, 4.69) is 20.8 Å². The fourth-order valence-corrected chi connectivity index (χ4v) is 3.44. The zero-order valence-corrected chi connectivity index (χ0v) is 18.0. The van der Waals surface area contributed by atoms with E-state index in [0.717, 1.165) is 0 Å². The highest BCUT2D eigenvalue weighted by molar-refractivity contribution is 7.99. The normalized spacial score (nSPS) is 10.5. The third kappa shape index (κ3) is 5.74. The number of nitrogens with zero attached hydrogens (tertiary/aromatic N) is 3. The number of para-hydroxylation sites is 1. The first kappa shape index (κ1) is 21.7. The van der Waals surface area contributed by atoms with Gasteiger partial charge >= 0.3 is 0 Å². The Hall–Kier alpha value is -3.04. The highest BCUT2D eigenvalue weighted by Gasteiger charge is 2.15. The van der Waals surface area contributed by atoms with Crippen LogP contribution in [0, 0.1) is 0 Å². The number of hydrogen-bond donors (Lipinski definition) is 2. The van der Waals surface area contributed by atoms with Gasteiger partial charge in [-0.3, -0.25) is 9.59 Å². The maximum absolute atomic E-state index is 12.3. The summed E-state index contributed by atoms with van der Waals surface area (Å²) in [6.45, 7) is 0. The minimum Gasteiger partial charge on any atom is -0.497 e. The number of amides is 2. The van der Waals surface area contributed by atoms with E-state index in [9.17, 15) is 9.59 Å². The lowest BCUT2D eigenvalue weighted by atomic mass is 10.3. The molecule has 2 amide bonds. The minimum absolute atomic E-state index is 0.0350. The van der Waals surface area contributed by atoms with Gasteiger partial charge in [-0.25, -0.2) is 0 Å². The number of benzene rings is 2. The summed E-state index contributed by atoms with van der Waals surface area (Å²) >= 11 is 7.29. The molecule has 8 nitrogen and oxygen atoms in total. The number of aromatic nitrogens is 3. The van der Waals surface area contributed by atoms with Gasteiger partial charge in [0.1, 0.15) is 11.6 Å². The van der Waals surface area contributed by atoms with E-state index in [-0.39, 0.29) is 24.0 Å². The topological polar surface area (TPSA) is 98.1 Å². The summed E-state index contributed by atoms with van der Waals surface area (Å²) in [6, 6.07) is 14.1. The number of nitrogens with one attached hydrogen (secondary N) is 2. The molecule has 0 atom stereocenters. The number of methoxy groups -OCH3 is 1. The third-order valence-corrected chi connectivity index (χ3v) is 5.45. The monoisotopic (exact) mass is 445 g/mol. The van der Waals surface area contributed by atoms with Crippen LogP contribution in [0.1, 0.15) is 5.82 Å². The van der Waals surface area contributed by atoms with Crippen LogP contribution in [0.2, 0.25) is 5.02 Å². The van der Waals surface area contributed by atoms with Gasteiger partial charge in [0.2, 0.25) is 11.8 Å². The molecule has 0 unspecified atom stereocenters. The zero-order chi connectivity index (χ0) is 21.5. The Morgan fingerprint density at radius 1 is 1.07 bits per heavy atom. The molecule has 3 aromatic rings. The van der Waals surface area contributed by atoms with Crippen molar-refractivity contribution in [3.05, 3.63) is 59.4 Å². The smallest absolute Gasteiger partial charge is 0.234 e. The molecule has 1 aromatic heterocycles. The van der Waals surface area contributed by atoms with E-state index in [4.69, 9.17) is 16.3 Å². The van der Waals surface area contributed by atoms with E-state index >= 15 is 0 Å². The van der Waals surface area contributed by atoms with E-state index in [1.807, 2.05) is 0 Å². The first-order chi connectivity index (χ1) is 14.5. The molecule has 10 heteroatoms. The SMILES string of the molecule is COc1ccc(NC(=O)CSc2nnc(CC(=O)Nc3ccccc3Cl)n2C)cc1. The third-order valence-electron chi connectivity index (χ3n) is 4.10. The average Bonchev–Trinajstić information content (AvgIpc) is 3.08. The Kier molecular flexibility index (Phi) is 7.31. The van der Waals surface area contributed by atoms with Crippen molar-refractivity contribution in [2.24, 2.45) is 7.05 Å². The molecular formula is C20H20ClN5O3S. The fraction of sp³-hybridized carbons (Fsp3) is 0.200. The summed E-state index contributed by atoms with van der Waals surface area (Å²) in [4.78, 5) is 24.5. The van der Waals surface area contributed by atoms with E-state index in [0.29, 0.717) is 33.1 Å².